The van der Waals surface area contributed by atoms with E-state index in [2.05, 4.69) is 15.5 Å². The number of nitrogens with one attached hydrogen (secondary N) is 1. The van der Waals surface area contributed by atoms with E-state index in [1.165, 1.54) is 11.3 Å². The highest BCUT2D eigenvalue weighted by Crippen LogP contribution is 2.14. The second kappa shape index (κ2) is 5.26. The monoisotopic (exact) mass is 284 g/mol. The van der Waals surface area contributed by atoms with Gasteiger partial charge in [-0.1, -0.05) is 23.5 Å². The Morgan fingerprint density at radius 3 is 2.75 bits per heavy atom. The van der Waals surface area contributed by atoms with Crippen LogP contribution in [-0.4, -0.2) is 15.5 Å². The number of benzene rings is 1. The molecule has 0 aliphatic rings. The number of hydrogen-bond donors (Lipinski definition) is 1. The molecule has 3 rings (SSSR count). The zero-order valence-corrected chi connectivity index (χ0v) is 11.6. The average Bonchev–Trinajstić information content (AvgIpc) is 2.83. The van der Waals surface area contributed by atoms with Gasteiger partial charge in [0.05, 0.1) is 10.2 Å². The van der Waals surface area contributed by atoms with E-state index < -0.39 is 0 Å². The lowest BCUT2D eigenvalue weighted by Gasteiger charge is -1.98. The topological polar surface area (TPSA) is 59.3 Å². The molecule has 2 heterocycles. The van der Waals surface area contributed by atoms with E-state index in [1.54, 1.807) is 24.5 Å². The second-order valence-corrected chi connectivity index (χ2v) is 5.21. The van der Waals surface area contributed by atoms with Crippen molar-refractivity contribution in [3.63, 3.8) is 0 Å². The van der Waals surface area contributed by atoms with Gasteiger partial charge in [0.15, 0.2) is 0 Å². The fourth-order valence-electron chi connectivity index (χ4n) is 1.85. The van der Waals surface area contributed by atoms with Gasteiger partial charge in [-0.2, -0.15) is 0 Å². The van der Waals surface area contributed by atoms with Crippen molar-refractivity contribution < 1.29 is 4.79 Å². The first-order chi connectivity index (χ1) is 9.75. The minimum absolute atomic E-state index is 0.246. The first kappa shape index (κ1) is 12.6. The van der Waals surface area contributed by atoms with Crippen LogP contribution in [0, 0.1) is 0 Å². The van der Waals surface area contributed by atoms with Crippen molar-refractivity contribution in [3.05, 3.63) is 59.2 Å². The van der Waals surface area contributed by atoms with Crippen molar-refractivity contribution >= 4 is 27.5 Å². The third kappa shape index (κ3) is 2.33. The summed E-state index contributed by atoms with van der Waals surface area (Å²) in [6.07, 6.45) is 3.16. The fourth-order valence-corrected chi connectivity index (χ4v) is 2.83. The number of rotatable bonds is 2. The van der Waals surface area contributed by atoms with Crippen molar-refractivity contribution in [1.29, 1.82) is 0 Å². The normalized spacial score (nSPS) is 11.8. The van der Waals surface area contributed by atoms with Gasteiger partial charge in [-0.15, -0.1) is 5.10 Å². The van der Waals surface area contributed by atoms with Crippen LogP contribution in [0.4, 0.5) is 0 Å². The maximum atomic E-state index is 11.9. The molecule has 0 aliphatic carbocycles. The lowest BCUT2D eigenvalue weighted by atomic mass is 10.3. The van der Waals surface area contributed by atoms with Crippen molar-refractivity contribution in [1.82, 2.24) is 15.0 Å². The third-order valence-electron chi connectivity index (χ3n) is 2.91. The number of fused-ring (bicyclic) bond motifs is 1. The van der Waals surface area contributed by atoms with Gasteiger partial charge in [0.1, 0.15) is 0 Å². The van der Waals surface area contributed by atoms with Crippen molar-refractivity contribution in [2.24, 2.45) is 12.1 Å². The molecule has 0 unspecified atom stereocenters. The van der Waals surface area contributed by atoms with Gasteiger partial charge >= 0.3 is 0 Å². The maximum absolute atomic E-state index is 11.9. The molecule has 0 bridgehead atoms. The van der Waals surface area contributed by atoms with Crippen LogP contribution in [0.5, 0.6) is 0 Å². The molecule has 100 valence electrons. The number of aryl methyl sites for hydroxylation is 1. The summed E-state index contributed by atoms with van der Waals surface area (Å²) in [5.74, 6) is -0.246. The van der Waals surface area contributed by atoms with Crippen LogP contribution in [-0.2, 0) is 7.05 Å². The van der Waals surface area contributed by atoms with Crippen LogP contribution >= 0.6 is 11.3 Å². The molecule has 2 aromatic heterocycles. The van der Waals surface area contributed by atoms with Crippen LogP contribution in [0.2, 0.25) is 0 Å². The van der Waals surface area contributed by atoms with E-state index in [4.69, 9.17) is 0 Å². The predicted octanol–water partition coefficient (Wildman–Crippen LogP) is 1.88. The lowest BCUT2D eigenvalue weighted by Crippen LogP contribution is -2.23. The Labute approximate surface area is 119 Å². The highest BCUT2D eigenvalue weighted by Gasteiger charge is 2.04. The summed E-state index contributed by atoms with van der Waals surface area (Å²) in [5.41, 5.74) is 4.19. The van der Waals surface area contributed by atoms with Crippen LogP contribution in [0.25, 0.3) is 10.2 Å². The number of para-hydroxylation sites is 1. The van der Waals surface area contributed by atoms with Gasteiger partial charge in [-0.3, -0.25) is 9.78 Å². The van der Waals surface area contributed by atoms with E-state index in [9.17, 15) is 4.79 Å². The van der Waals surface area contributed by atoms with E-state index >= 15 is 0 Å². The molecule has 0 saturated heterocycles. The van der Waals surface area contributed by atoms with Gasteiger partial charge in [0, 0.05) is 25.0 Å². The molecule has 3 aromatic rings. The zero-order valence-electron chi connectivity index (χ0n) is 10.8. The standard InChI is InChI=1S/C14H12N4OS/c1-18-11-4-2-3-5-12(11)20-14(18)17-16-13(19)10-6-8-15-9-7-10/h2-9H,1H3,(H,16,19)/b17-14-. The number of carbonyl (C=O) groups excluding carboxylic acids is 1. The van der Waals surface area contributed by atoms with E-state index in [1.807, 2.05) is 35.9 Å². The number of amides is 1. The van der Waals surface area contributed by atoms with Gasteiger partial charge in [-0.25, -0.2) is 5.43 Å². The molecule has 0 saturated carbocycles. The molecular formula is C14H12N4OS. The highest BCUT2D eigenvalue weighted by molar-refractivity contribution is 7.16. The Hall–Kier alpha value is -2.47. The average molecular weight is 284 g/mol. The molecule has 1 amide bonds. The SMILES string of the molecule is Cn1/c(=N/NC(=O)c2ccncc2)sc2ccccc21. The molecule has 0 radical (unpaired) electrons. The summed E-state index contributed by atoms with van der Waals surface area (Å²) in [7, 11) is 1.93. The number of nitrogens with zero attached hydrogens (tertiary/aromatic N) is 3. The number of thiazole rings is 1. The Bertz CT molecular complexity index is 820. The van der Waals surface area contributed by atoms with Crippen molar-refractivity contribution in [2.45, 2.75) is 0 Å². The molecule has 0 spiro atoms. The molecule has 0 fully saturated rings. The minimum atomic E-state index is -0.246. The molecule has 0 aliphatic heterocycles. The van der Waals surface area contributed by atoms with E-state index in [0.717, 1.165) is 15.0 Å². The lowest BCUT2D eigenvalue weighted by molar-refractivity contribution is 0.0953. The van der Waals surface area contributed by atoms with E-state index in [0.29, 0.717) is 5.56 Å². The minimum Gasteiger partial charge on any atom is -0.318 e. The van der Waals surface area contributed by atoms with Crippen molar-refractivity contribution in [3.8, 4) is 0 Å². The number of pyridine rings is 1. The smallest absolute Gasteiger partial charge is 0.271 e. The first-order valence-corrected chi connectivity index (χ1v) is 6.86. The zero-order chi connectivity index (χ0) is 13.9. The predicted molar refractivity (Wildman–Crippen MR) is 78.1 cm³/mol. The van der Waals surface area contributed by atoms with Crippen LogP contribution in [0.1, 0.15) is 10.4 Å². The molecule has 20 heavy (non-hydrogen) atoms. The van der Waals surface area contributed by atoms with Crippen LogP contribution in [0.3, 0.4) is 0 Å². The van der Waals surface area contributed by atoms with Crippen molar-refractivity contribution in [2.75, 3.05) is 0 Å². The molecule has 5 nitrogen and oxygen atoms in total. The Balaban J connectivity index is 1.92. The van der Waals surface area contributed by atoms with Gasteiger partial charge in [-0.05, 0) is 24.3 Å². The summed E-state index contributed by atoms with van der Waals surface area (Å²) in [6, 6.07) is 11.3. The Morgan fingerprint density at radius 2 is 2.00 bits per heavy atom. The highest BCUT2D eigenvalue weighted by atomic mass is 32.1. The summed E-state index contributed by atoms with van der Waals surface area (Å²) < 4.78 is 3.08. The molecule has 6 heteroatoms. The van der Waals surface area contributed by atoms with Crippen LogP contribution < -0.4 is 10.2 Å². The molecule has 0 atom stereocenters. The van der Waals surface area contributed by atoms with Crippen LogP contribution in [0.15, 0.2) is 53.9 Å². The summed E-state index contributed by atoms with van der Waals surface area (Å²) in [6.45, 7) is 0. The van der Waals surface area contributed by atoms with Gasteiger partial charge in [0.2, 0.25) is 4.80 Å². The largest absolute Gasteiger partial charge is 0.318 e. The first-order valence-electron chi connectivity index (χ1n) is 6.04. The number of carbonyl (C=O) groups is 1. The Kier molecular flexibility index (Phi) is 3.30. The summed E-state index contributed by atoms with van der Waals surface area (Å²) in [4.78, 5) is 16.5. The Morgan fingerprint density at radius 1 is 1.25 bits per heavy atom. The van der Waals surface area contributed by atoms with E-state index in [-0.39, 0.29) is 5.91 Å². The number of aromatic nitrogens is 2. The quantitative estimate of drug-likeness (QED) is 0.730. The second-order valence-electron chi connectivity index (χ2n) is 4.20. The number of hydrogen-bond acceptors (Lipinski definition) is 4. The molecule has 1 N–H and O–H groups in total. The summed E-state index contributed by atoms with van der Waals surface area (Å²) in [5, 5.41) is 4.18. The molecular weight excluding hydrogens is 272 g/mol. The summed E-state index contributed by atoms with van der Waals surface area (Å²) >= 11 is 1.53. The fraction of sp³-hybridized carbons (Fsp3) is 0.0714. The third-order valence-corrected chi connectivity index (χ3v) is 4.02. The molecule has 1 aromatic carbocycles. The maximum Gasteiger partial charge on any atom is 0.271 e. The van der Waals surface area contributed by atoms with Gasteiger partial charge in [0.25, 0.3) is 5.91 Å². The van der Waals surface area contributed by atoms with Gasteiger partial charge < -0.3 is 4.57 Å².